The second-order valence-corrected chi connectivity index (χ2v) is 9.28. The molecule has 0 bridgehead atoms. The van der Waals surface area contributed by atoms with Crippen LogP contribution >= 0.6 is 0 Å². The van der Waals surface area contributed by atoms with Crippen molar-refractivity contribution in [1.29, 1.82) is 0 Å². The van der Waals surface area contributed by atoms with Gasteiger partial charge >= 0.3 is 0 Å². The number of primary amides is 1. The van der Waals surface area contributed by atoms with Gasteiger partial charge in [-0.25, -0.2) is 0 Å². The number of anilines is 1. The summed E-state index contributed by atoms with van der Waals surface area (Å²) < 4.78 is 5.36. The van der Waals surface area contributed by atoms with E-state index in [1.54, 1.807) is 19.0 Å². The van der Waals surface area contributed by atoms with Gasteiger partial charge in [-0.05, 0) is 32.9 Å². The number of aromatic hydroxyl groups is 1. The lowest BCUT2D eigenvalue weighted by atomic mass is 9.53. The van der Waals surface area contributed by atoms with E-state index in [0.29, 0.717) is 11.3 Å². The van der Waals surface area contributed by atoms with Gasteiger partial charge < -0.3 is 26.4 Å². The molecule has 0 heterocycles. The predicted octanol–water partition coefficient (Wildman–Crippen LogP) is -0.721. The summed E-state index contributed by atoms with van der Waals surface area (Å²) in [5.74, 6) is -6.73. The molecule has 6 atom stereocenters. The minimum atomic E-state index is -2.07. The monoisotopic (exact) mass is 445 g/mol. The van der Waals surface area contributed by atoms with Crippen molar-refractivity contribution in [3.63, 3.8) is 0 Å². The Bertz CT molecular complexity index is 1050. The predicted molar refractivity (Wildman–Crippen MR) is 112 cm³/mol. The van der Waals surface area contributed by atoms with E-state index >= 15 is 0 Å². The van der Waals surface area contributed by atoms with Crippen molar-refractivity contribution in [1.82, 2.24) is 4.90 Å². The second kappa shape index (κ2) is 7.28. The third-order valence-corrected chi connectivity index (χ3v) is 7.39. The summed E-state index contributed by atoms with van der Waals surface area (Å²) in [4.78, 5) is 53.6. The Labute approximate surface area is 184 Å². The van der Waals surface area contributed by atoms with Crippen molar-refractivity contribution >= 4 is 28.9 Å². The van der Waals surface area contributed by atoms with Gasteiger partial charge in [0.1, 0.15) is 23.0 Å². The molecule has 6 N–H and O–H groups in total. The number of methoxy groups -OCH3 is 1. The third kappa shape index (κ3) is 2.86. The number of aliphatic hydroxyl groups is 1. The zero-order valence-electron chi connectivity index (χ0n) is 18.1. The number of ketones is 3. The van der Waals surface area contributed by atoms with Crippen LogP contribution in [0.5, 0.6) is 11.5 Å². The van der Waals surface area contributed by atoms with Crippen molar-refractivity contribution in [2.45, 2.75) is 30.9 Å². The van der Waals surface area contributed by atoms with E-state index in [9.17, 15) is 29.4 Å². The SMILES string of the molecule is COc1cc(N)c(O)c2c1C[C@H]1C[C@H]3[C@H](N(C)C)C(=O)C(C(N)=O)C[C@@]3(O)C(=O)C1C2=O. The summed E-state index contributed by atoms with van der Waals surface area (Å²) in [6.45, 7) is 0. The summed E-state index contributed by atoms with van der Waals surface area (Å²) >= 11 is 0. The van der Waals surface area contributed by atoms with Gasteiger partial charge in [0.15, 0.2) is 17.3 Å². The fourth-order valence-corrected chi connectivity index (χ4v) is 5.95. The number of amides is 1. The number of ether oxygens (including phenoxy) is 1. The molecule has 2 saturated carbocycles. The van der Waals surface area contributed by atoms with Crippen LogP contribution in [0, 0.1) is 23.7 Å². The first-order chi connectivity index (χ1) is 14.9. The van der Waals surface area contributed by atoms with Crippen LogP contribution in [0.15, 0.2) is 6.07 Å². The molecule has 0 aliphatic heterocycles. The Kier molecular flexibility index (Phi) is 5.05. The minimum absolute atomic E-state index is 0.0584. The normalized spacial score (nSPS) is 34.0. The smallest absolute Gasteiger partial charge is 0.228 e. The molecule has 172 valence electrons. The Morgan fingerprint density at radius 1 is 1.28 bits per heavy atom. The average Bonchev–Trinajstić information content (AvgIpc) is 2.71. The number of fused-ring (bicyclic) bond motifs is 3. The number of hydrogen-bond donors (Lipinski definition) is 4. The number of rotatable bonds is 3. The Hall–Kier alpha value is -2.98. The molecule has 3 aliphatic rings. The van der Waals surface area contributed by atoms with Crippen molar-refractivity contribution < 1.29 is 34.1 Å². The highest BCUT2D eigenvalue weighted by Crippen LogP contribution is 2.53. The first kappa shape index (κ1) is 22.2. The largest absolute Gasteiger partial charge is 0.505 e. The van der Waals surface area contributed by atoms with E-state index in [-0.39, 0.29) is 24.1 Å². The molecule has 4 rings (SSSR count). The first-order valence-electron chi connectivity index (χ1n) is 10.4. The first-order valence-corrected chi connectivity index (χ1v) is 10.4. The molecule has 2 unspecified atom stereocenters. The maximum absolute atomic E-state index is 13.6. The zero-order valence-corrected chi connectivity index (χ0v) is 18.1. The topological polar surface area (TPSA) is 173 Å². The lowest BCUT2D eigenvalue weighted by molar-refractivity contribution is -0.176. The Morgan fingerprint density at radius 2 is 1.94 bits per heavy atom. The van der Waals surface area contributed by atoms with E-state index in [1.165, 1.54) is 13.2 Å². The molecule has 10 nitrogen and oxygen atoms in total. The summed E-state index contributed by atoms with van der Waals surface area (Å²) in [5, 5.41) is 22.0. The van der Waals surface area contributed by atoms with Crippen LogP contribution in [0.25, 0.3) is 0 Å². The number of nitrogens with zero attached hydrogens (tertiary/aromatic N) is 1. The molecule has 0 spiro atoms. The standard InChI is InChI=1S/C22H27N3O7/c1-25(2)16-11-5-8-4-9-13(32-3)6-12(23)18(27)15(9)19(28)14(8)20(29)22(11,31)7-10(17(16)26)21(24)30/h6,8,10-11,14,16,27,31H,4-5,7,23H2,1-3H3,(H2,24,30)/t8-,10?,11-,14?,16-,22-/m0/s1. The lowest BCUT2D eigenvalue weighted by Gasteiger charge is -2.53. The van der Waals surface area contributed by atoms with Crippen LogP contribution in [0.1, 0.15) is 28.8 Å². The molecule has 1 aromatic carbocycles. The van der Waals surface area contributed by atoms with Gasteiger partial charge in [-0.2, -0.15) is 0 Å². The quantitative estimate of drug-likeness (QED) is 0.266. The molecular formula is C22H27N3O7. The summed E-state index contributed by atoms with van der Waals surface area (Å²) in [6.07, 6.45) is -0.0221. The van der Waals surface area contributed by atoms with Gasteiger partial charge in [-0.15, -0.1) is 0 Å². The van der Waals surface area contributed by atoms with Crippen LogP contribution in [0.4, 0.5) is 5.69 Å². The van der Waals surface area contributed by atoms with E-state index in [4.69, 9.17) is 16.2 Å². The average molecular weight is 445 g/mol. The maximum atomic E-state index is 13.6. The minimum Gasteiger partial charge on any atom is -0.505 e. The highest BCUT2D eigenvalue weighted by Gasteiger charge is 2.64. The number of carbonyl (C=O) groups excluding carboxylic acids is 4. The molecule has 1 aromatic rings. The van der Waals surface area contributed by atoms with Crippen LogP contribution in [-0.2, 0) is 20.8 Å². The van der Waals surface area contributed by atoms with Crippen molar-refractivity contribution in [2.75, 3.05) is 26.9 Å². The van der Waals surface area contributed by atoms with Gasteiger partial charge in [0.2, 0.25) is 5.91 Å². The van der Waals surface area contributed by atoms with Gasteiger partial charge in [-0.3, -0.25) is 24.1 Å². The number of benzene rings is 1. The molecular weight excluding hydrogens is 418 g/mol. The number of likely N-dealkylation sites (N-methyl/N-ethyl adjacent to an activating group) is 1. The number of phenols is 1. The Morgan fingerprint density at radius 3 is 2.50 bits per heavy atom. The van der Waals surface area contributed by atoms with Gasteiger partial charge in [0, 0.05) is 24.0 Å². The molecule has 0 radical (unpaired) electrons. The zero-order chi connectivity index (χ0) is 23.7. The van der Waals surface area contributed by atoms with Crippen LogP contribution in [0.3, 0.4) is 0 Å². The van der Waals surface area contributed by atoms with Crippen LogP contribution in [0.2, 0.25) is 0 Å². The number of nitrogen functional groups attached to an aromatic ring is 1. The van der Waals surface area contributed by atoms with E-state index in [1.807, 2.05) is 0 Å². The number of carbonyl (C=O) groups is 4. The van der Waals surface area contributed by atoms with Gasteiger partial charge in [0.05, 0.1) is 30.3 Å². The molecule has 32 heavy (non-hydrogen) atoms. The summed E-state index contributed by atoms with van der Waals surface area (Å²) in [5.41, 5.74) is 9.47. The summed E-state index contributed by atoms with van der Waals surface area (Å²) in [6, 6.07) is 0.516. The third-order valence-electron chi connectivity index (χ3n) is 7.39. The Balaban J connectivity index is 1.85. The second-order valence-electron chi connectivity index (χ2n) is 9.28. The van der Waals surface area contributed by atoms with Crippen LogP contribution < -0.4 is 16.2 Å². The number of nitrogens with two attached hydrogens (primary N) is 2. The number of hydrogen-bond acceptors (Lipinski definition) is 9. The fraction of sp³-hybridized carbons (Fsp3) is 0.545. The van der Waals surface area contributed by atoms with Crippen molar-refractivity contribution in [3.05, 3.63) is 17.2 Å². The van der Waals surface area contributed by atoms with Crippen LogP contribution in [-0.4, -0.2) is 71.2 Å². The molecule has 3 aliphatic carbocycles. The lowest BCUT2D eigenvalue weighted by Crippen LogP contribution is -2.69. The molecule has 0 saturated heterocycles. The van der Waals surface area contributed by atoms with E-state index in [0.717, 1.165) is 0 Å². The molecule has 0 aromatic heterocycles. The van der Waals surface area contributed by atoms with Gasteiger partial charge in [-0.1, -0.05) is 0 Å². The van der Waals surface area contributed by atoms with E-state index in [2.05, 4.69) is 0 Å². The van der Waals surface area contributed by atoms with E-state index < -0.39 is 70.7 Å². The number of phenolic OH excluding ortho intramolecular Hbond substituents is 1. The molecule has 1 amide bonds. The maximum Gasteiger partial charge on any atom is 0.228 e. The molecule has 2 fully saturated rings. The summed E-state index contributed by atoms with van der Waals surface area (Å²) in [7, 11) is 4.68. The van der Waals surface area contributed by atoms with Crippen molar-refractivity contribution in [3.8, 4) is 11.5 Å². The molecule has 10 heteroatoms. The highest BCUT2D eigenvalue weighted by molar-refractivity contribution is 6.18. The van der Waals surface area contributed by atoms with Gasteiger partial charge in [0.25, 0.3) is 0 Å². The number of Topliss-reactive ketones (excluding diaryl/α,β-unsaturated/α-hetero) is 3. The highest BCUT2D eigenvalue weighted by atomic mass is 16.5. The fourth-order valence-electron chi connectivity index (χ4n) is 5.95. The van der Waals surface area contributed by atoms with Crippen molar-refractivity contribution in [2.24, 2.45) is 29.4 Å².